The lowest BCUT2D eigenvalue weighted by molar-refractivity contribution is -0.141. The average Bonchev–Trinajstić information content (AvgIpc) is 3.22. The maximum Gasteiger partial charge on any atom is 0.433 e. The molecule has 1 aliphatic rings. The molecule has 1 saturated carbocycles. The highest BCUT2D eigenvalue weighted by molar-refractivity contribution is 14.1. The van der Waals surface area contributed by atoms with Crippen LogP contribution in [0.25, 0.3) is 10.9 Å². The summed E-state index contributed by atoms with van der Waals surface area (Å²) in [7, 11) is 1.42. The van der Waals surface area contributed by atoms with Crippen LogP contribution in [0.3, 0.4) is 0 Å². The molecular formula is C22H22F3IN4O2. The van der Waals surface area contributed by atoms with Crippen molar-refractivity contribution in [3.05, 3.63) is 47.9 Å². The van der Waals surface area contributed by atoms with Crippen LogP contribution in [0.15, 0.2) is 36.5 Å². The molecule has 1 aliphatic carbocycles. The van der Waals surface area contributed by atoms with Crippen LogP contribution in [0.2, 0.25) is 0 Å². The highest BCUT2D eigenvalue weighted by Gasteiger charge is 2.33. The van der Waals surface area contributed by atoms with E-state index in [4.69, 9.17) is 6.11 Å². The molecule has 4 rings (SSSR count). The van der Waals surface area contributed by atoms with Crippen LogP contribution in [-0.4, -0.2) is 32.2 Å². The highest BCUT2D eigenvalue weighted by Crippen LogP contribution is 2.35. The minimum absolute atomic E-state index is 0.279. The predicted octanol–water partition coefficient (Wildman–Crippen LogP) is 5.88. The molecule has 0 aliphatic heterocycles. The van der Waals surface area contributed by atoms with Crippen molar-refractivity contribution in [2.75, 3.05) is 16.9 Å². The fourth-order valence-corrected chi connectivity index (χ4v) is 4.66. The van der Waals surface area contributed by atoms with E-state index in [2.05, 4.69) is 38.0 Å². The molecule has 6 nitrogen and oxygen atoms in total. The molecule has 2 heterocycles. The second-order valence-electron chi connectivity index (χ2n) is 7.71. The lowest BCUT2D eigenvalue weighted by Gasteiger charge is -2.27. The maximum atomic E-state index is 12.9. The standard InChI is InChI=1S/C22H22F3IN4O2/c1-32-19-10-17-14(12-30(29-17)15-7-5-13(11-26)6-8-15)9-18(19)28-21(31)16-3-2-4-20(27-16)22(23,24)25/h2-4,9-10,12-13,15H,5-8,11H2,1H3,(H,28,31)/i15D. The summed E-state index contributed by atoms with van der Waals surface area (Å²) in [5.74, 6) is 0.140. The van der Waals surface area contributed by atoms with Crippen molar-refractivity contribution in [1.82, 2.24) is 14.8 Å². The summed E-state index contributed by atoms with van der Waals surface area (Å²) in [6, 6.07) is 5.60. The summed E-state index contributed by atoms with van der Waals surface area (Å²) >= 11 is 2.38. The van der Waals surface area contributed by atoms with Gasteiger partial charge in [0.25, 0.3) is 5.91 Å². The van der Waals surface area contributed by atoms with Gasteiger partial charge in [-0.3, -0.25) is 9.48 Å². The van der Waals surface area contributed by atoms with Gasteiger partial charge < -0.3 is 10.1 Å². The van der Waals surface area contributed by atoms with Crippen LogP contribution in [-0.2, 0) is 6.18 Å². The van der Waals surface area contributed by atoms with Gasteiger partial charge in [0.2, 0.25) is 0 Å². The zero-order valence-corrected chi connectivity index (χ0v) is 19.4. The molecule has 0 atom stereocenters. The van der Waals surface area contributed by atoms with Crippen molar-refractivity contribution in [3.8, 4) is 5.75 Å². The number of halogens is 4. The smallest absolute Gasteiger partial charge is 0.433 e. The molecule has 1 aromatic carbocycles. The van der Waals surface area contributed by atoms with Gasteiger partial charge in [0, 0.05) is 22.1 Å². The minimum atomic E-state index is -4.65. The van der Waals surface area contributed by atoms with E-state index in [-0.39, 0.29) is 11.4 Å². The van der Waals surface area contributed by atoms with Crippen LogP contribution < -0.4 is 10.1 Å². The number of pyridine rings is 1. The number of amides is 1. The van der Waals surface area contributed by atoms with E-state index in [0.717, 1.165) is 29.4 Å². The number of fused-ring (bicyclic) bond motifs is 1. The molecular weight excluding hydrogens is 536 g/mol. The Morgan fingerprint density at radius 3 is 2.72 bits per heavy atom. The van der Waals surface area contributed by atoms with Gasteiger partial charge in [-0.05, 0) is 49.8 Å². The second kappa shape index (κ2) is 9.24. The normalized spacial score (nSPS) is 21.9. The Bertz CT molecular complexity index is 1180. The number of nitrogens with zero attached hydrogens (tertiary/aromatic N) is 3. The highest BCUT2D eigenvalue weighted by atomic mass is 127. The third kappa shape index (κ3) is 4.84. The number of methoxy groups -OCH3 is 1. The summed E-state index contributed by atoms with van der Waals surface area (Å²) in [6.45, 7) is 0. The Hall–Kier alpha value is -2.37. The van der Waals surface area contributed by atoms with Crippen LogP contribution >= 0.6 is 22.6 Å². The lowest BCUT2D eigenvalue weighted by Crippen LogP contribution is -2.19. The van der Waals surface area contributed by atoms with Crippen LogP contribution in [0.4, 0.5) is 18.9 Å². The van der Waals surface area contributed by atoms with E-state index in [1.807, 2.05) is 0 Å². The number of alkyl halides is 4. The van der Waals surface area contributed by atoms with Gasteiger partial charge >= 0.3 is 6.18 Å². The lowest BCUT2D eigenvalue weighted by atomic mass is 9.87. The Morgan fingerprint density at radius 2 is 2.06 bits per heavy atom. The molecule has 1 amide bonds. The third-order valence-electron chi connectivity index (χ3n) is 5.57. The Balaban J connectivity index is 1.62. The monoisotopic (exact) mass is 559 g/mol. The van der Waals surface area contributed by atoms with Crippen molar-refractivity contribution in [2.45, 2.75) is 37.9 Å². The minimum Gasteiger partial charge on any atom is -0.494 e. The van der Waals surface area contributed by atoms with Gasteiger partial charge in [-0.25, -0.2) is 4.98 Å². The number of carbonyl (C=O) groups excluding carboxylic acids is 1. The second-order valence-corrected chi connectivity index (χ2v) is 8.59. The van der Waals surface area contributed by atoms with Gasteiger partial charge in [-0.2, -0.15) is 18.3 Å². The van der Waals surface area contributed by atoms with Crippen molar-refractivity contribution >= 4 is 45.1 Å². The van der Waals surface area contributed by atoms with E-state index < -0.39 is 23.8 Å². The van der Waals surface area contributed by atoms with Gasteiger partial charge in [-0.15, -0.1) is 0 Å². The van der Waals surface area contributed by atoms with Crippen molar-refractivity contribution in [3.63, 3.8) is 0 Å². The van der Waals surface area contributed by atoms with Gasteiger partial charge in [0.05, 0.1) is 25.7 Å². The first kappa shape index (κ1) is 21.5. The van der Waals surface area contributed by atoms with E-state index in [1.165, 1.54) is 13.2 Å². The van der Waals surface area contributed by atoms with E-state index in [9.17, 15) is 18.0 Å². The quantitative estimate of drug-likeness (QED) is 0.314. The molecule has 3 aromatic rings. The summed E-state index contributed by atoms with van der Waals surface area (Å²) < 4.78 is 55.8. The number of benzene rings is 1. The molecule has 2 aromatic heterocycles. The van der Waals surface area contributed by atoms with E-state index in [1.54, 1.807) is 23.0 Å². The largest absolute Gasteiger partial charge is 0.494 e. The first-order chi connectivity index (χ1) is 15.6. The summed E-state index contributed by atoms with van der Waals surface area (Å²) in [4.78, 5) is 16.0. The fraction of sp³-hybridized carbons (Fsp3) is 0.409. The molecule has 32 heavy (non-hydrogen) atoms. The summed E-state index contributed by atoms with van der Waals surface area (Å²) in [5.41, 5.74) is -0.622. The SMILES string of the molecule is [2H]C1(n2cc3cc(NC(=O)c4cccc(C(F)(F)F)n4)c(OC)cc3n2)CCC(CI)CC1. The Labute approximate surface area is 198 Å². The molecule has 0 bridgehead atoms. The van der Waals surface area contributed by atoms with Gasteiger partial charge in [0.15, 0.2) is 0 Å². The zero-order valence-electron chi connectivity index (χ0n) is 18.2. The molecule has 170 valence electrons. The first-order valence-electron chi connectivity index (χ1n) is 10.6. The predicted molar refractivity (Wildman–Crippen MR) is 123 cm³/mol. The van der Waals surface area contributed by atoms with Crippen molar-refractivity contribution in [1.29, 1.82) is 0 Å². The number of carbonyl (C=O) groups is 1. The number of nitrogens with one attached hydrogen (secondary N) is 1. The number of anilines is 1. The molecule has 0 spiro atoms. The maximum absolute atomic E-state index is 12.9. The van der Waals surface area contributed by atoms with Crippen molar-refractivity contribution < 1.29 is 24.1 Å². The Morgan fingerprint density at radius 1 is 1.31 bits per heavy atom. The van der Waals surface area contributed by atoms with E-state index in [0.29, 0.717) is 35.4 Å². The molecule has 0 saturated heterocycles. The molecule has 1 fully saturated rings. The van der Waals surface area contributed by atoms with Crippen molar-refractivity contribution in [2.24, 2.45) is 5.92 Å². The number of hydrogen-bond acceptors (Lipinski definition) is 4. The topological polar surface area (TPSA) is 69.0 Å². The number of hydrogen-bond donors (Lipinski definition) is 1. The van der Waals surface area contributed by atoms with Crippen LogP contribution in [0.1, 0.15) is 49.3 Å². The van der Waals surface area contributed by atoms with Gasteiger partial charge in [-0.1, -0.05) is 28.7 Å². The molecule has 0 unspecified atom stereocenters. The summed E-state index contributed by atoms with van der Waals surface area (Å²) in [6.07, 6.45) is 0.468. The number of rotatable bonds is 5. The number of aromatic nitrogens is 3. The van der Waals surface area contributed by atoms with Crippen LogP contribution in [0, 0.1) is 5.92 Å². The molecule has 0 radical (unpaired) electrons. The van der Waals surface area contributed by atoms with Gasteiger partial charge in [0.1, 0.15) is 17.1 Å². The van der Waals surface area contributed by atoms with E-state index >= 15 is 0 Å². The third-order valence-corrected chi connectivity index (χ3v) is 6.82. The molecule has 10 heteroatoms. The fourth-order valence-electron chi connectivity index (χ4n) is 3.78. The average molecular weight is 559 g/mol. The molecule has 1 N–H and O–H groups in total. The number of ether oxygens (including phenoxy) is 1. The zero-order chi connectivity index (χ0) is 23.8. The Kier molecular flexibility index (Phi) is 6.20. The summed E-state index contributed by atoms with van der Waals surface area (Å²) in [5, 5.41) is 7.85. The first-order valence-corrected chi connectivity index (χ1v) is 11.6. The van der Waals surface area contributed by atoms with Crippen LogP contribution in [0.5, 0.6) is 5.75 Å².